The zero-order chi connectivity index (χ0) is 27.2. The molecule has 222 valence electrons. The highest BCUT2D eigenvalue weighted by molar-refractivity contribution is 8.18. The van der Waals surface area contributed by atoms with Crippen molar-refractivity contribution in [3.8, 4) is 11.5 Å². The molecule has 4 rings (SSSR count). The molecule has 5 nitrogen and oxygen atoms in total. The SMILES string of the molecule is CCCCCCC[C@@H](CC1(CCc2ccc(OC3CCCCO3)c(OC)c2)SCCCS1)OC1CCCCO1. The maximum Gasteiger partial charge on any atom is 0.200 e. The fourth-order valence-corrected chi connectivity index (χ4v) is 9.24. The Hall–Kier alpha value is -0.600. The summed E-state index contributed by atoms with van der Waals surface area (Å²) < 4.78 is 30.6. The molecule has 3 atom stereocenters. The molecule has 0 amide bonds. The topological polar surface area (TPSA) is 46.2 Å². The largest absolute Gasteiger partial charge is 0.493 e. The van der Waals surface area contributed by atoms with Crippen molar-refractivity contribution in [1.82, 2.24) is 0 Å². The normalized spacial score (nSPS) is 24.3. The summed E-state index contributed by atoms with van der Waals surface area (Å²) in [5.41, 5.74) is 1.31. The molecule has 3 aliphatic heterocycles. The van der Waals surface area contributed by atoms with Crippen molar-refractivity contribution in [2.24, 2.45) is 0 Å². The maximum atomic E-state index is 6.70. The third-order valence-corrected chi connectivity index (χ3v) is 11.6. The smallest absolute Gasteiger partial charge is 0.200 e. The number of methoxy groups -OCH3 is 1. The second-order valence-electron chi connectivity index (χ2n) is 11.3. The Bertz CT molecular complexity index is 804. The van der Waals surface area contributed by atoms with Crippen molar-refractivity contribution in [2.45, 2.75) is 132 Å². The second kappa shape index (κ2) is 17.4. The van der Waals surface area contributed by atoms with Crippen molar-refractivity contribution in [3.05, 3.63) is 23.8 Å². The van der Waals surface area contributed by atoms with E-state index >= 15 is 0 Å². The summed E-state index contributed by atoms with van der Waals surface area (Å²) in [4.78, 5) is 0. The molecule has 2 unspecified atom stereocenters. The zero-order valence-corrected chi connectivity index (χ0v) is 26.1. The van der Waals surface area contributed by atoms with Crippen molar-refractivity contribution in [3.63, 3.8) is 0 Å². The van der Waals surface area contributed by atoms with Gasteiger partial charge in [0.05, 0.1) is 23.9 Å². The highest BCUT2D eigenvalue weighted by atomic mass is 32.2. The van der Waals surface area contributed by atoms with E-state index in [-0.39, 0.29) is 22.8 Å². The molecule has 39 heavy (non-hydrogen) atoms. The molecule has 0 aliphatic carbocycles. The highest BCUT2D eigenvalue weighted by Crippen LogP contribution is 2.50. The average molecular weight is 581 g/mol. The molecule has 0 bridgehead atoms. The van der Waals surface area contributed by atoms with Gasteiger partial charge in [-0.05, 0) is 93.4 Å². The summed E-state index contributed by atoms with van der Waals surface area (Å²) in [6.45, 7) is 3.91. The van der Waals surface area contributed by atoms with E-state index in [9.17, 15) is 0 Å². The van der Waals surface area contributed by atoms with Gasteiger partial charge in [-0.25, -0.2) is 0 Å². The van der Waals surface area contributed by atoms with Gasteiger partial charge in [-0.3, -0.25) is 0 Å². The molecule has 3 aliphatic rings. The lowest BCUT2D eigenvalue weighted by atomic mass is 10.00. The molecule has 7 heteroatoms. The van der Waals surface area contributed by atoms with E-state index in [0.717, 1.165) is 82.5 Å². The van der Waals surface area contributed by atoms with E-state index in [2.05, 4.69) is 48.6 Å². The third kappa shape index (κ3) is 10.6. The fraction of sp³-hybridized carbons (Fsp3) is 0.812. The van der Waals surface area contributed by atoms with Crippen LogP contribution >= 0.6 is 23.5 Å². The molecule has 0 radical (unpaired) electrons. The van der Waals surface area contributed by atoms with Crippen LogP contribution in [0.4, 0.5) is 0 Å². The molecule has 3 saturated heterocycles. The molecule has 0 spiro atoms. The summed E-state index contributed by atoms with van der Waals surface area (Å²) in [5.74, 6) is 4.08. The summed E-state index contributed by atoms with van der Waals surface area (Å²) in [6.07, 6.45) is 19.0. The first-order chi connectivity index (χ1) is 19.2. The standard InChI is InChI=1S/C32H52O5S2/c1-3-4-5-6-7-13-27(36-30-14-8-10-20-34-30)25-32(38-22-12-23-39-32)19-18-26-16-17-28(29(24-26)33-2)37-31-15-9-11-21-35-31/h16-17,24,27,30-31H,3-15,18-23,25H2,1-2H3/t27-,30?,31?/m0/s1. The first kappa shape index (κ1) is 31.3. The van der Waals surface area contributed by atoms with Crippen LogP contribution in [0.5, 0.6) is 11.5 Å². The lowest BCUT2D eigenvalue weighted by Crippen LogP contribution is -2.35. The van der Waals surface area contributed by atoms with Crippen LogP contribution in [0, 0.1) is 0 Å². The number of ether oxygens (including phenoxy) is 5. The molecule has 3 fully saturated rings. The monoisotopic (exact) mass is 580 g/mol. The van der Waals surface area contributed by atoms with Crippen LogP contribution in [0.15, 0.2) is 18.2 Å². The number of hydrogen-bond acceptors (Lipinski definition) is 7. The van der Waals surface area contributed by atoms with Crippen LogP contribution in [0.3, 0.4) is 0 Å². The minimum Gasteiger partial charge on any atom is -0.493 e. The van der Waals surface area contributed by atoms with Crippen molar-refractivity contribution < 1.29 is 23.7 Å². The third-order valence-electron chi connectivity index (χ3n) is 8.09. The Morgan fingerprint density at radius 2 is 1.64 bits per heavy atom. The van der Waals surface area contributed by atoms with Gasteiger partial charge in [0, 0.05) is 13.0 Å². The molecule has 1 aromatic carbocycles. The van der Waals surface area contributed by atoms with Crippen molar-refractivity contribution in [1.29, 1.82) is 0 Å². The van der Waals surface area contributed by atoms with Gasteiger partial charge in [0.1, 0.15) is 0 Å². The van der Waals surface area contributed by atoms with Gasteiger partial charge in [-0.15, -0.1) is 23.5 Å². The summed E-state index contributed by atoms with van der Waals surface area (Å²) in [6, 6.07) is 6.45. The first-order valence-corrected chi connectivity index (χ1v) is 17.7. The Labute approximate surface area is 246 Å². The predicted octanol–water partition coefficient (Wildman–Crippen LogP) is 8.76. The molecule has 3 heterocycles. The summed E-state index contributed by atoms with van der Waals surface area (Å²) in [7, 11) is 1.73. The number of aryl methyl sites for hydroxylation is 1. The summed E-state index contributed by atoms with van der Waals surface area (Å²) >= 11 is 4.35. The minimum atomic E-state index is -0.163. The van der Waals surface area contributed by atoms with E-state index in [4.69, 9.17) is 23.7 Å². The van der Waals surface area contributed by atoms with Crippen LogP contribution in [0.25, 0.3) is 0 Å². The quantitative estimate of drug-likeness (QED) is 0.181. The number of rotatable bonds is 16. The number of thioether (sulfide) groups is 2. The zero-order valence-electron chi connectivity index (χ0n) is 24.5. The maximum absolute atomic E-state index is 6.70. The number of benzene rings is 1. The average Bonchev–Trinajstić information content (AvgIpc) is 2.98. The second-order valence-corrected chi connectivity index (χ2v) is 14.5. The Balaban J connectivity index is 1.38. The Kier molecular flexibility index (Phi) is 14.0. The minimum absolute atomic E-state index is 0.0139. The van der Waals surface area contributed by atoms with Gasteiger partial charge in [0.15, 0.2) is 24.1 Å². The molecule has 1 aromatic rings. The molecule has 0 N–H and O–H groups in total. The van der Waals surface area contributed by atoms with Crippen molar-refractivity contribution >= 4 is 23.5 Å². The summed E-state index contributed by atoms with van der Waals surface area (Å²) in [5, 5.41) is 0. The number of unbranched alkanes of at least 4 members (excludes halogenated alkanes) is 4. The van der Waals surface area contributed by atoms with Gasteiger partial charge in [-0.2, -0.15) is 0 Å². The van der Waals surface area contributed by atoms with Crippen LogP contribution in [-0.2, 0) is 20.6 Å². The first-order valence-electron chi connectivity index (χ1n) is 15.7. The predicted molar refractivity (Wildman–Crippen MR) is 164 cm³/mol. The highest BCUT2D eigenvalue weighted by Gasteiger charge is 2.37. The number of hydrogen-bond donors (Lipinski definition) is 0. The molecule has 0 aromatic heterocycles. The van der Waals surface area contributed by atoms with E-state index in [1.165, 1.54) is 62.0 Å². The van der Waals surface area contributed by atoms with Gasteiger partial charge in [0.25, 0.3) is 0 Å². The van der Waals surface area contributed by atoms with Gasteiger partial charge in [0.2, 0.25) is 0 Å². The Morgan fingerprint density at radius 1 is 0.897 bits per heavy atom. The lowest BCUT2D eigenvalue weighted by molar-refractivity contribution is -0.191. The van der Waals surface area contributed by atoms with Crippen LogP contribution < -0.4 is 9.47 Å². The van der Waals surface area contributed by atoms with Crippen molar-refractivity contribution in [2.75, 3.05) is 31.8 Å². The molecular weight excluding hydrogens is 528 g/mol. The van der Waals surface area contributed by atoms with Gasteiger partial charge in [-0.1, -0.05) is 45.1 Å². The van der Waals surface area contributed by atoms with Crippen LogP contribution in [-0.4, -0.2) is 54.6 Å². The molecule has 0 saturated carbocycles. The van der Waals surface area contributed by atoms with Gasteiger partial charge < -0.3 is 23.7 Å². The van der Waals surface area contributed by atoms with E-state index in [1.54, 1.807) is 7.11 Å². The van der Waals surface area contributed by atoms with Gasteiger partial charge >= 0.3 is 0 Å². The fourth-order valence-electron chi connectivity index (χ4n) is 5.80. The van der Waals surface area contributed by atoms with E-state index < -0.39 is 0 Å². The Morgan fingerprint density at radius 3 is 2.33 bits per heavy atom. The molecular formula is C32H52O5S2. The lowest BCUT2D eigenvalue weighted by Gasteiger charge is -2.40. The van der Waals surface area contributed by atoms with E-state index in [1.807, 2.05) is 0 Å². The van der Waals surface area contributed by atoms with Crippen LogP contribution in [0.2, 0.25) is 0 Å². The van der Waals surface area contributed by atoms with E-state index in [0.29, 0.717) is 0 Å². The van der Waals surface area contributed by atoms with Crippen LogP contribution in [0.1, 0.15) is 109 Å².